The minimum absolute atomic E-state index is 0.189. The Labute approximate surface area is 157 Å². The minimum atomic E-state index is -0.189. The minimum Gasteiger partial charge on any atom is -0.493 e. The zero-order valence-corrected chi connectivity index (χ0v) is 15.2. The Hall–Kier alpha value is -2.79. The van der Waals surface area contributed by atoms with Crippen LogP contribution in [0.5, 0.6) is 5.75 Å². The molecule has 0 unspecified atom stereocenters. The maximum atomic E-state index is 12.1. The van der Waals surface area contributed by atoms with Gasteiger partial charge in [-0.2, -0.15) is 0 Å². The van der Waals surface area contributed by atoms with Gasteiger partial charge in [-0.3, -0.25) is 4.79 Å². The van der Waals surface area contributed by atoms with E-state index < -0.39 is 0 Å². The number of fused-ring (bicyclic) bond motifs is 1. The number of benzene rings is 1. The van der Waals surface area contributed by atoms with Crippen LogP contribution in [0.1, 0.15) is 24.6 Å². The molecule has 134 valence electrons. The quantitative estimate of drug-likeness (QED) is 0.638. The van der Waals surface area contributed by atoms with E-state index in [0.717, 1.165) is 29.1 Å². The summed E-state index contributed by atoms with van der Waals surface area (Å²) >= 11 is 5.96. The van der Waals surface area contributed by atoms with Crippen LogP contribution < -0.4 is 10.1 Å². The summed E-state index contributed by atoms with van der Waals surface area (Å²) in [6.45, 7) is 3.05. The number of hydrogen-bond donors (Lipinski definition) is 1. The van der Waals surface area contributed by atoms with Gasteiger partial charge in [-0.15, -0.1) is 0 Å². The molecule has 3 aromatic rings. The normalized spacial score (nSPS) is 11.2. The smallest absolute Gasteiger partial charge is 0.244 e. The SMILES string of the molecule is CCCOc1ccccc1/C=C/C(=O)NCc1cn2ccc(Cl)cc2n1. The van der Waals surface area contributed by atoms with Crippen LogP contribution in [-0.4, -0.2) is 21.9 Å². The molecule has 0 aliphatic carbocycles. The Kier molecular flexibility index (Phi) is 5.92. The van der Waals surface area contributed by atoms with E-state index >= 15 is 0 Å². The van der Waals surface area contributed by atoms with Crippen LogP contribution in [-0.2, 0) is 11.3 Å². The molecule has 1 aromatic carbocycles. The highest BCUT2D eigenvalue weighted by molar-refractivity contribution is 6.30. The Morgan fingerprint density at radius 3 is 3.04 bits per heavy atom. The van der Waals surface area contributed by atoms with Gasteiger partial charge in [0.15, 0.2) is 0 Å². The predicted octanol–water partition coefficient (Wildman–Crippen LogP) is 4.11. The molecule has 0 fully saturated rings. The first-order valence-corrected chi connectivity index (χ1v) is 8.84. The van der Waals surface area contributed by atoms with Crippen molar-refractivity contribution >= 4 is 29.2 Å². The molecule has 1 N–H and O–H groups in total. The second-order valence-electron chi connectivity index (χ2n) is 5.78. The summed E-state index contributed by atoms with van der Waals surface area (Å²) < 4.78 is 7.55. The molecule has 2 aromatic heterocycles. The van der Waals surface area contributed by atoms with Gasteiger partial charge < -0.3 is 14.5 Å². The van der Waals surface area contributed by atoms with Gasteiger partial charge in [0.05, 0.1) is 18.8 Å². The third-order valence-electron chi connectivity index (χ3n) is 3.71. The van der Waals surface area contributed by atoms with E-state index in [-0.39, 0.29) is 5.91 Å². The van der Waals surface area contributed by atoms with Crippen molar-refractivity contribution in [2.45, 2.75) is 19.9 Å². The second kappa shape index (κ2) is 8.54. The molecule has 6 heteroatoms. The first kappa shape index (κ1) is 18.0. The van der Waals surface area contributed by atoms with Gasteiger partial charge >= 0.3 is 0 Å². The standard InChI is InChI=1S/C20H20ClN3O2/c1-2-11-26-18-6-4-3-5-15(18)7-8-20(25)22-13-17-14-24-10-9-16(21)12-19(24)23-17/h3-10,12,14H,2,11,13H2,1H3,(H,22,25)/b8-7+. The Morgan fingerprint density at radius 1 is 1.35 bits per heavy atom. The van der Waals surface area contributed by atoms with E-state index in [1.807, 2.05) is 41.1 Å². The Balaban J connectivity index is 1.60. The molecule has 0 aliphatic heterocycles. The van der Waals surface area contributed by atoms with Gasteiger partial charge in [-0.1, -0.05) is 36.7 Å². The lowest BCUT2D eigenvalue weighted by molar-refractivity contribution is -0.116. The maximum Gasteiger partial charge on any atom is 0.244 e. The van der Waals surface area contributed by atoms with E-state index in [0.29, 0.717) is 18.2 Å². The summed E-state index contributed by atoms with van der Waals surface area (Å²) in [5.74, 6) is 0.584. The van der Waals surface area contributed by atoms with Crippen molar-refractivity contribution in [2.24, 2.45) is 0 Å². The third-order valence-corrected chi connectivity index (χ3v) is 3.95. The predicted molar refractivity (Wildman–Crippen MR) is 103 cm³/mol. The van der Waals surface area contributed by atoms with Gasteiger partial charge in [0.2, 0.25) is 5.91 Å². The largest absolute Gasteiger partial charge is 0.493 e. The first-order chi connectivity index (χ1) is 12.7. The summed E-state index contributed by atoms with van der Waals surface area (Å²) in [7, 11) is 0. The fraction of sp³-hybridized carbons (Fsp3) is 0.200. The summed E-state index contributed by atoms with van der Waals surface area (Å²) in [5.41, 5.74) is 2.39. The van der Waals surface area contributed by atoms with Gasteiger partial charge in [-0.05, 0) is 30.7 Å². The number of carbonyl (C=O) groups is 1. The average Bonchev–Trinajstić information content (AvgIpc) is 3.05. The number of aromatic nitrogens is 2. The van der Waals surface area contributed by atoms with Crippen LogP contribution in [0.2, 0.25) is 5.02 Å². The second-order valence-corrected chi connectivity index (χ2v) is 6.22. The van der Waals surface area contributed by atoms with Crippen molar-refractivity contribution in [1.82, 2.24) is 14.7 Å². The monoisotopic (exact) mass is 369 g/mol. The Morgan fingerprint density at radius 2 is 2.19 bits per heavy atom. The zero-order chi connectivity index (χ0) is 18.4. The fourth-order valence-corrected chi connectivity index (χ4v) is 2.61. The van der Waals surface area contributed by atoms with Crippen molar-refractivity contribution in [1.29, 1.82) is 0 Å². The number of rotatable bonds is 7. The fourth-order valence-electron chi connectivity index (χ4n) is 2.46. The molecule has 0 spiro atoms. The van der Waals surface area contributed by atoms with Gasteiger partial charge in [0.25, 0.3) is 0 Å². The van der Waals surface area contributed by atoms with Crippen molar-refractivity contribution in [3.8, 4) is 5.75 Å². The van der Waals surface area contributed by atoms with Crippen LogP contribution in [0.4, 0.5) is 0 Å². The third kappa shape index (κ3) is 4.64. The topological polar surface area (TPSA) is 55.6 Å². The van der Waals surface area contributed by atoms with Crippen molar-refractivity contribution < 1.29 is 9.53 Å². The summed E-state index contributed by atoms with van der Waals surface area (Å²) in [6, 6.07) is 11.2. The molecule has 0 radical (unpaired) electrons. The summed E-state index contributed by atoms with van der Waals surface area (Å²) in [6.07, 6.45) is 7.89. The lowest BCUT2D eigenvalue weighted by Crippen LogP contribution is -2.20. The number of nitrogens with one attached hydrogen (secondary N) is 1. The van der Waals surface area contributed by atoms with Crippen molar-refractivity contribution in [2.75, 3.05) is 6.61 Å². The van der Waals surface area contributed by atoms with Crippen LogP contribution in [0.15, 0.2) is 54.9 Å². The number of hydrogen-bond acceptors (Lipinski definition) is 3. The van der Waals surface area contributed by atoms with E-state index in [9.17, 15) is 4.79 Å². The summed E-state index contributed by atoms with van der Waals surface area (Å²) in [4.78, 5) is 16.5. The van der Waals surface area contributed by atoms with Gasteiger partial charge in [0, 0.05) is 29.1 Å². The zero-order valence-electron chi connectivity index (χ0n) is 14.5. The number of para-hydroxylation sites is 1. The maximum absolute atomic E-state index is 12.1. The molecule has 26 heavy (non-hydrogen) atoms. The van der Waals surface area contributed by atoms with Crippen molar-refractivity contribution in [3.05, 3.63) is 71.1 Å². The number of nitrogens with zero attached hydrogens (tertiary/aromatic N) is 2. The molecule has 3 rings (SSSR count). The lowest BCUT2D eigenvalue weighted by Gasteiger charge is -2.07. The number of halogens is 1. The molecule has 0 aliphatic rings. The molecule has 5 nitrogen and oxygen atoms in total. The van der Waals surface area contributed by atoms with E-state index in [1.165, 1.54) is 6.08 Å². The first-order valence-electron chi connectivity index (χ1n) is 8.46. The number of amides is 1. The highest BCUT2D eigenvalue weighted by Gasteiger charge is 2.04. The van der Waals surface area contributed by atoms with E-state index in [2.05, 4.69) is 17.2 Å². The molecule has 0 saturated carbocycles. The number of pyridine rings is 1. The summed E-state index contributed by atoms with van der Waals surface area (Å²) in [5, 5.41) is 3.46. The number of carbonyl (C=O) groups excluding carboxylic acids is 1. The molecule has 1 amide bonds. The Bertz CT molecular complexity index is 934. The lowest BCUT2D eigenvalue weighted by atomic mass is 10.2. The molecule has 0 saturated heterocycles. The van der Waals surface area contributed by atoms with Crippen molar-refractivity contribution in [3.63, 3.8) is 0 Å². The molecular formula is C20H20ClN3O2. The van der Waals surface area contributed by atoms with Crippen LogP contribution in [0.3, 0.4) is 0 Å². The van der Waals surface area contributed by atoms with E-state index in [1.54, 1.807) is 18.2 Å². The highest BCUT2D eigenvalue weighted by Crippen LogP contribution is 2.19. The molecule has 0 bridgehead atoms. The highest BCUT2D eigenvalue weighted by atomic mass is 35.5. The van der Waals surface area contributed by atoms with E-state index in [4.69, 9.17) is 16.3 Å². The van der Waals surface area contributed by atoms with Crippen LogP contribution in [0.25, 0.3) is 11.7 Å². The van der Waals surface area contributed by atoms with Crippen LogP contribution >= 0.6 is 11.6 Å². The molecule has 0 atom stereocenters. The van der Waals surface area contributed by atoms with Gasteiger partial charge in [-0.25, -0.2) is 4.98 Å². The molecular weight excluding hydrogens is 350 g/mol. The number of imidazole rings is 1. The average molecular weight is 370 g/mol. The van der Waals surface area contributed by atoms with Crippen LogP contribution in [0, 0.1) is 0 Å². The van der Waals surface area contributed by atoms with Gasteiger partial charge in [0.1, 0.15) is 11.4 Å². The molecule has 2 heterocycles. The number of ether oxygens (including phenoxy) is 1.